The summed E-state index contributed by atoms with van der Waals surface area (Å²) in [6.07, 6.45) is 46.2. The number of ether oxygens (including phenoxy) is 2. The maximum absolute atomic E-state index is 12.6. The van der Waals surface area contributed by atoms with Crippen molar-refractivity contribution in [2.75, 3.05) is 26.4 Å². The van der Waals surface area contributed by atoms with Crippen molar-refractivity contribution in [2.45, 2.75) is 264 Å². The van der Waals surface area contributed by atoms with Crippen LogP contribution in [0.4, 0.5) is 0 Å². The van der Waals surface area contributed by atoms with Gasteiger partial charge in [0, 0.05) is 12.8 Å². The zero-order chi connectivity index (χ0) is 44.0. The number of hydrogen-bond donors (Lipinski definition) is 3. The van der Waals surface area contributed by atoms with Crippen molar-refractivity contribution in [2.24, 2.45) is 0 Å². The molecule has 60 heavy (non-hydrogen) atoms. The first kappa shape index (κ1) is 58.7. The highest BCUT2D eigenvalue weighted by molar-refractivity contribution is 7.47. The van der Waals surface area contributed by atoms with Crippen molar-refractivity contribution < 1.29 is 47.8 Å². The van der Waals surface area contributed by atoms with Gasteiger partial charge in [0.05, 0.1) is 19.8 Å². The number of esters is 2. The Labute approximate surface area is 368 Å². The predicted octanol–water partition coefficient (Wildman–Crippen LogP) is 14.0. The van der Waals surface area contributed by atoms with E-state index in [9.17, 15) is 24.2 Å². The van der Waals surface area contributed by atoms with Crippen LogP contribution in [-0.4, -0.2) is 65.7 Å². The van der Waals surface area contributed by atoms with Gasteiger partial charge in [-0.15, -0.1) is 0 Å². The predicted molar refractivity (Wildman–Crippen MR) is 247 cm³/mol. The van der Waals surface area contributed by atoms with Crippen LogP contribution in [-0.2, 0) is 32.7 Å². The summed E-state index contributed by atoms with van der Waals surface area (Å²) in [6, 6.07) is 0. The van der Waals surface area contributed by atoms with Gasteiger partial charge in [0.25, 0.3) is 0 Å². The molecule has 10 nitrogen and oxygen atoms in total. The maximum Gasteiger partial charge on any atom is 0.472 e. The Balaban J connectivity index is 4.14. The van der Waals surface area contributed by atoms with Gasteiger partial charge in [-0.3, -0.25) is 18.6 Å². The molecule has 0 aromatic rings. The van der Waals surface area contributed by atoms with Gasteiger partial charge in [0.1, 0.15) is 12.7 Å². The highest BCUT2D eigenvalue weighted by Gasteiger charge is 2.27. The van der Waals surface area contributed by atoms with E-state index in [4.69, 9.17) is 23.6 Å². The van der Waals surface area contributed by atoms with Crippen molar-refractivity contribution in [3.05, 3.63) is 12.2 Å². The third-order valence-electron chi connectivity index (χ3n) is 11.2. The summed E-state index contributed by atoms with van der Waals surface area (Å²) in [5.74, 6) is -0.947. The lowest BCUT2D eigenvalue weighted by molar-refractivity contribution is -0.161. The zero-order valence-electron chi connectivity index (χ0n) is 38.9. The van der Waals surface area contributed by atoms with Gasteiger partial charge in [-0.25, -0.2) is 4.57 Å². The smallest absolute Gasteiger partial charge is 0.462 e. The first-order valence-corrected chi connectivity index (χ1v) is 26.6. The maximum atomic E-state index is 12.6. The van der Waals surface area contributed by atoms with Crippen molar-refractivity contribution in [3.8, 4) is 0 Å². The summed E-state index contributed by atoms with van der Waals surface area (Å²) >= 11 is 0. The van der Waals surface area contributed by atoms with Gasteiger partial charge in [-0.05, 0) is 32.1 Å². The van der Waals surface area contributed by atoms with E-state index in [0.29, 0.717) is 12.8 Å². The zero-order valence-corrected chi connectivity index (χ0v) is 39.8. The Morgan fingerprint density at radius 3 is 1.25 bits per heavy atom. The average molecular weight is 875 g/mol. The minimum Gasteiger partial charge on any atom is -0.462 e. The molecular formula is C49H95O10P. The molecule has 0 rings (SSSR count). The van der Waals surface area contributed by atoms with Gasteiger partial charge in [-0.2, -0.15) is 0 Å². The van der Waals surface area contributed by atoms with Crippen molar-refractivity contribution in [3.63, 3.8) is 0 Å². The molecule has 0 aliphatic heterocycles. The number of unbranched alkanes of at least 4 members (excludes halogenated alkanes) is 32. The molecule has 0 saturated heterocycles. The summed E-state index contributed by atoms with van der Waals surface area (Å²) in [7, 11) is -4.62. The van der Waals surface area contributed by atoms with Crippen LogP contribution in [0.25, 0.3) is 0 Å². The number of carbonyl (C=O) groups is 2. The largest absolute Gasteiger partial charge is 0.472 e. The van der Waals surface area contributed by atoms with Gasteiger partial charge in [-0.1, -0.05) is 219 Å². The molecule has 0 aliphatic carbocycles. The van der Waals surface area contributed by atoms with Crippen LogP contribution in [0.3, 0.4) is 0 Å². The van der Waals surface area contributed by atoms with E-state index < -0.39 is 51.8 Å². The van der Waals surface area contributed by atoms with Crippen LogP contribution in [0.5, 0.6) is 0 Å². The molecule has 0 fully saturated rings. The Morgan fingerprint density at radius 1 is 0.483 bits per heavy atom. The quantitative estimate of drug-likeness (QED) is 0.0233. The fourth-order valence-electron chi connectivity index (χ4n) is 7.29. The molecule has 0 bridgehead atoms. The summed E-state index contributed by atoms with van der Waals surface area (Å²) in [5.41, 5.74) is 0. The van der Waals surface area contributed by atoms with Crippen LogP contribution >= 0.6 is 7.82 Å². The second-order valence-corrected chi connectivity index (χ2v) is 18.7. The molecule has 0 aromatic heterocycles. The van der Waals surface area contributed by atoms with Gasteiger partial charge >= 0.3 is 19.8 Å². The molecule has 0 radical (unpaired) electrons. The van der Waals surface area contributed by atoms with Gasteiger partial charge in [0.15, 0.2) is 6.10 Å². The standard InChI is InChI=1S/C49H95O10P/c1-3-5-7-9-11-13-15-17-19-20-21-22-23-24-25-26-27-29-30-32-34-36-38-40-48(52)56-44-47(45-58-60(54,55)57-43-46(51)42-50)59-49(53)41-39-37-35-33-31-28-18-16-14-12-10-8-6-4-2/h32,34,46-47,50-51H,3-31,33,35-45H2,1-2H3,(H,54,55)/b34-32+/t46-,47+/m1/s1. The second-order valence-electron chi connectivity index (χ2n) is 17.2. The minimum atomic E-state index is -4.62. The van der Waals surface area contributed by atoms with E-state index in [0.717, 1.165) is 32.1 Å². The number of aliphatic hydroxyl groups excluding tert-OH is 2. The lowest BCUT2D eigenvalue weighted by atomic mass is 10.0. The molecule has 1 unspecified atom stereocenters. The van der Waals surface area contributed by atoms with E-state index in [2.05, 4.69) is 26.0 Å². The lowest BCUT2D eigenvalue weighted by Crippen LogP contribution is -2.29. The monoisotopic (exact) mass is 875 g/mol. The normalized spacial score (nSPS) is 13.8. The van der Waals surface area contributed by atoms with Crippen LogP contribution in [0.2, 0.25) is 0 Å². The molecule has 0 amide bonds. The number of carbonyl (C=O) groups excluding carboxylic acids is 2. The van der Waals surface area contributed by atoms with E-state index in [1.54, 1.807) is 0 Å². The van der Waals surface area contributed by atoms with E-state index in [1.807, 2.05) is 0 Å². The average Bonchev–Trinajstić information content (AvgIpc) is 3.24. The molecule has 3 atom stereocenters. The molecule has 356 valence electrons. The van der Waals surface area contributed by atoms with E-state index >= 15 is 0 Å². The summed E-state index contributed by atoms with van der Waals surface area (Å²) < 4.78 is 32.8. The Bertz CT molecular complexity index is 1010. The third kappa shape index (κ3) is 44.8. The molecule has 0 aliphatic rings. The number of aliphatic hydroxyl groups is 2. The molecule has 3 N–H and O–H groups in total. The first-order chi connectivity index (χ1) is 29.2. The van der Waals surface area contributed by atoms with Crippen LogP contribution in [0.1, 0.15) is 251 Å². The molecule has 0 saturated carbocycles. The number of allylic oxidation sites excluding steroid dienone is 2. The van der Waals surface area contributed by atoms with Crippen molar-refractivity contribution in [1.82, 2.24) is 0 Å². The van der Waals surface area contributed by atoms with E-state index in [1.165, 1.54) is 180 Å². The van der Waals surface area contributed by atoms with Gasteiger partial charge < -0.3 is 24.6 Å². The molecule has 11 heteroatoms. The second kappa shape index (κ2) is 45.7. The van der Waals surface area contributed by atoms with Gasteiger partial charge in [0.2, 0.25) is 0 Å². The Kier molecular flexibility index (Phi) is 44.7. The highest BCUT2D eigenvalue weighted by Crippen LogP contribution is 2.43. The fourth-order valence-corrected chi connectivity index (χ4v) is 8.08. The minimum absolute atomic E-state index is 0.185. The number of rotatable bonds is 48. The van der Waals surface area contributed by atoms with Crippen LogP contribution < -0.4 is 0 Å². The van der Waals surface area contributed by atoms with E-state index in [-0.39, 0.29) is 19.4 Å². The topological polar surface area (TPSA) is 149 Å². The first-order valence-electron chi connectivity index (χ1n) is 25.1. The number of phosphoric acid groups is 1. The fraction of sp³-hybridized carbons (Fsp3) is 0.918. The SMILES string of the molecule is CCCCCCCCCCCCCCCCCCCC/C=C/CCCC(=O)OC[C@@H](COP(=O)(O)OC[C@H](O)CO)OC(=O)CCCCCCCCCCCCCCCC. The van der Waals surface area contributed by atoms with Crippen molar-refractivity contribution >= 4 is 19.8 Å². The summed E-state index contributed by atoms with van der Waals surface area (Å²) in [5, 5.41) is 18.4. The highest BCUT2D eigenvalue weighted by atomic mass is 31.2. The molecule has 0 spiro atoms. The molecule has 0 heterocycles. The summed E-state index contributed by atoms with van der Waals surface area (Å²) in [4.78, 5) is 35.1. The van der Waals surface area contributed by atoms with Crippen LogP contribution in [0, 0.1) is 0 Å². The number of phosphoric ester groups is 1. The Hall–Kier alpha value is -1.29. The Morgan fingerprint density at radius 2 is 0.833 bits per heavy atom. The summed E-state index contributed by atoms with van der Waals surface area (Å²) in [6.45, 7) is 2.40. The lowest BCUT2D eigenvalue weighted by Gasteiger charge is -2.20. The molecular weight excluding hydrogens is 780 g/mol. The van der Waals surface area contributed by atoms with Crippen LogP contribution in [0.15, 0.2) is 12.2 Å². The molecule has 0 aromatic carbocycles. The number of hydrogen-bond acceptors (Lipinski definition) is 9. The van der Waals surface area contributed by atoms with Crippen molar-refractivity contribution in [1.29, 1.82) is 0 Å². The third-order valence-corrected chi connectivity index (χ3v) is 12.1.